The zero-order chi connectivity index (χ0) is 11.1. The molecular weight excluding hydrogens is 217 g/mol. The molecule has 0 radical (unpaired) electrons. The van der Waals surface area contributed by atoms with Gasteiger partial charge in [-0.05, 0) is 23.8 Å². The van der Waals surface area contributed by atoms with Crippen LogP contribution < -0.4 is 0 Å². The van der Waals surface area contributed by atoms with Gasteiger partial charge in [0.15, 0.2) is 0 Å². The Morgan fingerprint density at radius 3 is 2.73 bits per heavy atom. The number of benzene rings is 1. The Labute approximate surface area is 93.4 Å². The van der Waals surface area contributed by atoms with Crippen molar-refractivity contribution in [1.29, 1.82) is 0 Å². The first-order valence-electron chi connectivity index (χ1n) is 4.98. The van der Waals surface area contributed by atoms with Gasteiger partial charge in [-0.3, -0.25) is 0 Å². The lowest BCUT2D eigenvalue weighted by Gasteiger charge is -2.33. The fourth-order valence-corrected chi connectivity index (χ4v) is 2.39. The highest BCUT2D eigenvalue weighted by Crippen LogP contribution is 2.31. The van der Waals surface area contributed by atoms with Crippen LogP contribution in [0.3, 0.4) is 0 Å². The Bertz CT molecular complexity index is 361. The molecular formula is C11H13ClFNO. The molecule has 1 aromatic carbocycles. The van der Waals surface area contributed by atoms with E-state index in [4.69, 9.17) is 11.6 Å². The van der Waals surface area contributed by atoms with E-state index in [1.165, 1.54) is 12.1 Å². The standard InChI is InChI=1S/C11H13ClFNO/c1-14(15)3-2-8(7-14)9-4-10(12)6-11(13)5-9/h4-6,8H,2-3,7H2,1H3. The quantitative estimate of drug-likeness (QED) is 0.536. The molecule has 2 rings (SSSR count). The molecule has 1 heterocycles. The number of hydrogen-bond donors (Lipinski definition) is 0. The highest BCUT2D eigenvalue weighted by molar-refractivity contribution is 6.30. The molecule has 1 aromatic rings. The third-order valence-electron chi connectivity index (χ3n) is 2.91. The molecule has 0 spiro atoms. The van der Waals surface area contributed by atoms with Crippen LogP contribution in [0.1, 0.15) is 17.9 Å². The summed E-state index contributed by atoms with van der Waals surface area (Å²) in [5.41, 5.74) is 0.845. The Morgan fingerprint density at radius 1 is 1.47 bits per heavy atom. The van der Waals surface area contributed by atoms with Crippen LogP contribution in [0.25, 0.3) is 0 Å². The molecule has 0 aliphatic carbocycles. The van der Waals surface area contributed by atoms with Crippen molar-refractivity contribution in [3.63, 3.8) is 0 Å². The minimum atomic E-state index is -0.329. The minimum Gasteiger partial charge on any atom is -0.633 e. The van der Waals surface area contributed by atoms with E-state index in [0.717, 1.165) is 12.0 Å². The van der Waals surface area contributed by atoms with Crippen LogP contribution >= 0.6 is 11.6 Å². The lowest BCUT2D eigenvalue weighted by atomic mass is 9.98. The lowest BCUT2D eigenvalue weighted by molar-refractivity contribution is -0.848. The SMILES string of the molecule is C[N+]1([O-])CCC(c2cc(F)cc(Cl)c2)C1. The smallest absolute Gasteiger partial charge is 0.124 e. The summed E-state index contributed by atoms with van der Waals surface area (Å²) in [5, 5.41) is 12.1. The van der Waals surface area contributed by atoms with E-state index < -0.39 is 0 Å². The molecule has 1 fully saturated rings. The number of likely N-dealkylation sites (tertiary alicyclic amines) is 1. The van der Waals surface area contributed by atoms with Gasteiger partial charge in [-0.15, -0.1) is 0 Å². The second-order valence-corrected chi connectivity index (χ2v) is 4.83. The van der Waals surface area contributed by atoms with Gasteiger partial charge in [-0.25, -0.2) is 4.39 Å². The molecule has 0 N–H and O–H groups in total. The third kappa shape index (κ3) is 2.48. The first-order chi connectivity index (χ1) is 6.96. The van der Waals surface area contributed by atoms with Crippen LogP contribution in [0.2, 0.25) is 5.02 Å². The molecule has 1 aliphatic rings. The number of hydrogen-bond acceptors (Lipinski definition) is 1. The summed E-state index contributed by atoms with van der Waals surface area (Å²) in [4.78, 5) is 0. The van der Waals surface area contributed by atoms with Crippen molar-refractivity contribution in [3.05, 3.63) is 39.8 Å². The van der Waals surface area contributed by atoms with Gasteiger partial charge in [-0.2, -0.15) is 0 Å². The number of likely N-dealkylation sites (N-methyl/N-ethyl adjacent to an activating group) is 1. The highest BCUT2D eigenvalue weighted by Gasteiger charge is 2.29. The second kappa shape index (κ2) is 3.74. The summed E-state index contributed by atoms with van der Waals surface area (Å²) in [6.45, 7) is 1.11. The van der Waals surface area contributed by atoms with Crippen molar-refractivity contribution in [1.82, 2.24) is 0 Å². The maximum Gasteiger partial charge on any atom is 0.124 e. The molecule has 82 valence electrons. The summed E-state index contributed by atoms with van der Waals surface area (Å²) in [6, 6.07) is 4.51. The van der Waals surface area contributed by atoms with E-state index in [0.29, 0.717) is 18.1 Å². The second-order valence-electron chi connectivity index (χ2n) is 4.39. The highest BCUT2D eigenvalue weighted by atomic mass is 35.5. The summed E-state index contributed by atoms with van der Waals surface area (Å²) in [5.74, 6) is -0.190. The first kappa shape index (κ1) is 10.9. The Balaban J connectivity index is 2.24. The number of hydroxylamine groups is 3. The van der Waals surface area contributed by atoms with Crippen molar-refractivity contribution in [2.75, 3.05) is 20.1 Å². The van der Waals surface area contributed by atoms with E-state index in [2.05, 4.69) is 0 Å². The Hall–Kier alpha value is -0.640. The van der Waals surface area contributed by atoms with Crippen molar-refractivity contribution in [2.24, 2.45) is 0 Å². The van der Waals surface area contributed by atoms with Crippen molar-refractivity contribution in [3.8, 4) is 0 Å². The Kier molecular flexibility index (Phi) is 2.71. The summed E-state index contributed by atoms with van der Waals surface area (Å²) < 4.78 is 12.9. The van der Waals surface area contributed by atoms with Gasteiger partial charge in [-0.1, -0.05) is 11.6 Å². The maximum absolute atomic E-state index is 13.1. The van der Waals surface area contributed by atoms with Crippen LogP contribution in [-0.4, -0.2) is 24.8 Å². The van der Waals surface area contributed by atoms with Crippen LogP contribution in [0, 0.1) is 11.0 Å². The van der Waals surface area contributed by atoms with E-state index >= 15 is 0 Å². The predicted octanol–water partition coefficient (Wildman–Crippen LogP) is 2.91. The van der Waals surface area contributed by atoms with Gasteiger partial charge in [0.25, 0.3) is 0 Å². The van der Waals surface area contributed by atoms with E-state index in [-0.39, 0.29) is 16.4 Å². The fourth-order valence-electron chi connectivity index (χ4n) is 2.16. The molecule has 2 unspecified atom stereocenters. The number of nitrogens with zero attached hydrogens (tertiary/aromatic N) is 1. The molecule has 2 nitrogen and oxygen atoms in total. The van der Waals surface area contributed by atoms with Gasteiger partial charge in [0, 0.05) is 17.4 Å². The zero-order valence-corrected chi connectivity index (χ0v) is 9.30. The maximum atomic E-state index is 13.1. The van der Waals surface area contributed by atoms with Gasteiger partial charge in [0.2, 0.25) is 0 Å². The predicted molar refractivity (Wildman–Crippen MR) is 58.1 cm³/mol. The molecule has 15 heavy (non-hydrogen) atoms. The van der Waals surface area contributed by atoms with E-state index in [9.17, 15) is 9.60 Å². The van der Waals surface area contributed by atoms with Crippen LogP contribution in [0.5, 0.6) is 0 Å². The van der Waals surface area contributed by atoms with Gasteiger partial charge >= 0.3 is 0 Å². The summed E-state index contributed by atoms with van der Waals surface area (Å²) in [7, 11) is 1.65. The van der Waals surface area contributed by atoms with E-state index in [1.807, 2.05) is 0 Å². The lowest BCUT2D eigenvalue weighted by Crippen LogP contribution is -2.34. The molecule has 1 saturated heterocycles. The largest absolute Gasteiger partial charge is 0.633 e. The molecule has 1 aliphatic heterocycles. The van der Waals surface area contributed by atoms with Gasteiger partial charge < -0.3 is 9.85 Å². The first-order valence-corrected chi connectivity index (χ1v) is 5.36. The number of quaternary nitrogens is 1. The number of rotatable bonds is 1. The fraction of sp³-hybridized carbons (Fsp3) is 0.455. The summed E-state index contributed by atoms with van der Waals surface area (Å²) in [6.07, 6.45) is 0.805. The molecule has 0 saturated carbocycles. The van der Waals surface area contributed by atoms with Crippen LogP contribution in [-0.2, 0) is 0 Å². The molecule has 0 bridgehead atoms. The van der Waals surface area contributed by atoms with E-state index in [1.54, 1.807) is 13.1 Å². The molecule has 4 heteroatoms. The monoisotopic (exact) mass is 229 g/mol. The topological polar surface area (TPSA) is 23.1 Å². The number of halogens is 2. The molecule has 0 amide bonds. The normalized spacial score (nSPS) is 30.8. The molecule has 2 atom stereocenters. The minimum absolute atomic E-state index is 0.140. The van der Waals surface area contributed by atoms with Crippen LogP contribution in [0.15, 0.2) is 18.2 Å². The van der Waals surface area contributed by atoms with Crippen molar-refractivity contribution in [2.45, 2.75) is 12.3 Å². The van der Waals surface area contributed by atoms with Crippen LogP contribution in [0.4, 0.5) is 4.39 Å². The van der Waals surface area contributed by atoms with Gasteiger partial charge in [0.1, 0.15) is 5.82 Å². The van der Waals surface area contributed by atoms with Crippen molar-refractivity contribution < 1.29 is 9.04 Å². The van der Waals surface area contributed by atoms with Crippen molar-refractivity contribution >= 4 is 11.6 Å². The average molecular weight is 230 g/mol. The third-order valence-corrected chi connectivity index (χ3v) is 3.13. The Morgan fingerprint density at radius 2 is 2.20 bits per heavy atom. The molecule has 0 aromatic heterocycles. The summed E-state index contributed by atoms with van der Waals surface area (Å²) >= 11 is 5.78. The average Bonchev–Trinajstić information content (AvgIpc) is 2.44. The zero-order valence-electron chi connectivity index (χ0n) is 8.54. The van der Waals surface area contributed by atoms with Gasteiger partial charge in [0.05, 0.1) is 20.1 Å².